The van der Waals surface area contributed by atoms with Gasteiger partial charge in [0.1, 0.15) is 6.10 Å². The van der Waals surface area contributed by atoms with E-state index < -0.39 is 30.6 Å². The van der Waals surface area contributed by atoms with E-state index in [9.17, 15) is 5.11 Å². The number of rotatable bonds is 0. The van der Waals surface area contributed by atoms with Crippen LogP contribution in [0.5, 0.6) is 0 Å². The molecule has 0 aromatic rings. The second kappa shape index (κ2) is 3.04. The van der Waals surface area contributed by atoms with Gasteiger partial charge < -0.3 is 25.8 Å². The van der Waals surface area contributed by atoms with Gasteiger partial charge in [-0.3, -0.25) is 0 Å². The molecule has 11 heavy (non-hydrogen) atoms. The van der Waals surface area contributed by atoms with Crippen LogP contribution in [0.2, 0.25) is 0 Å². The monoisotopic (exact) mass is 163 g/mol. The summed E-state index contributed by atoms with van der Waals surface area (Å²) in [5.74, 6) is 0. The third-order valence-electron chi connectivity index (χ3n) is 1.92. The van der Waals surface area contributed by atoms with E-state index in [0.717, 1.165) is 0 Å². The van der Waals surface area contributed by atoms with Crippen molar-refractivity contribution in [3.05, 3.63) is 0 Å². The fourth-order valence-electron chi connectivity index (χ4n) is 1.09. The van der Waals surface area contributed by atoms with Gasteiger partial charge in [-0.25, -0.2) is 0 Å². The van der Waals surface area contributed by atoms with Crippen LogP contribution in [-0.4, -0.2) is 46.0 Å². The Kier molecular flexibility index (Phi) is 2.46. The van der Waals surface area contributed by atoms with E-state index in [1.807, 2.05) is 0 Å². The molecule has 0 saturated carbocycles. The average molecular weight is 163 g/mol. The number of aliphatic hydroxyl groups excluding tert-OH is 3. The maximum Gasteiger partial charge on any atom is 0.182 e. The molecule has 5 heteroatoms. The van der Waals surface area contributed by atoms with Crippen molar-refractivity contribution in [3.63, 3.8) is 0 Å². The van der Waals surface area contributed by atoms with Crippen molar-refractivity contribution < 1.29 is 20.1 Å². The van der Waals surface area contributed by atoms with Gasteiger partial charge in [-0.1, -0.05) is 0 Å². The van der Waals surface area contributed by atoms with Gasteiger partial charge in [0.15, 0.2) is 6.29 Å². The van der Waals surface area contributed by atoms with Crippen molar-refractivity contribution in [1.82, 2.24) is 0 Å². The van der Waals surface area contributed by atoms with Crippen LogP contribution >= 0.6 is 0 Å². The molecule has 0 spiro atoms. The summed E-state index contributed by atoms with van der Waals surface area (Å²) in [5.41, 5.74) is 5.36. The smallest absolute Gasteiger partial charge is 0.182 e. The largest absolute Gasteiger partial charge is 0.389 e. The summed E-state index contributed by atoms with van der Waals surface area (Å²) in [7, 11) is 0. The fourth-order valence-corrected chi connectivity index (χ4v) is 1.09. The molecule has 0 unspecified atom stereocenters. The van der Waals surface area contributed by atoms with E-state index in [1.54, 1.807) is 6.92 Å². The van der Waals surface area contributed by atoms with E-state index in [2.05, 4.69) is 0 Å². The first kappa shape index (κ1) is 8.89. The van der Waals surface area contributed by atoms with Crippen LogP contribution in [0.3, 0.4) is 0 Å². The molecule has 5 atom stereocenters. The lowest BCUT2D eigenvalue weighted by atomic mass is 9.98. The zero-order chi connectivity index (χ0) is 8.59. The maximum atomic E-state index is 9.21. The van der Waals surface area contributed by atoms with Gasteiger partial charge in [-0.05, 0) is 6.92 Å². The number of hydrogen-bond donors (Lipinski definition) is 4. The van der Waals surface area contributed by atoms with Crippen molar-refractivity contribution in [3.8, 4) is 0 Å². The van der Waals surface area contributed by atoms with Crippen LogP contribution in [-0.2, 0) is 4.74 Å². The van der Waals surface area contributed by atoms with Crippen LogP contribution in [0, 0.1) is 0 Å². The zero-order valence-corrected chi connectivity index (χ0v) is 6.21. The van der Waals surface area contributed by atoms with Crippen LogP contribution in [0.4, 0.5) is 0 Å². The van der Waals surface area contributed by atoms with Crippen molar-refractivity contribution in [2.45, 2.75) is 37.6 Å². The second-order valence-corrected chi connectivity index (χ2v) is 2.79. The molecule has 1 aliphatic heterocycles. The van der Waals surface area contributed by atoms with Gasteiger partial charge >= 0.3 is 0 Å². The second-order valence-electron chi connectivity index (χ2n) is 2.79. The van der Waals surface area contributed by atoms with E-state index in [-0.39, 0.29) is 0 Å². The number of nitrogens with two attached hydrogens (primary N) is 1. The van der Waals surface area contributed by atoms with Crippen molar-refractivity contribution in [2.24, 2.45) is 5.73 Å². The molecule has 0 radical (unpaired) electrons. The molecular formula is C6H13NO4. The minimum atomic E-state index is -1.29. The standard InChI is InChI=1S/C6H13NO4/c1-2-4(8)3(7)5(9)6(10)11-2/h2-6,8-10H,7H2,1H3/t2-,3-,4+,5+,6+/m1/s1. The summed E-state index contributed by atoms with van der Waals surface area (Å²) in [6.45, 7) is 1.58. The third-order valence-corrected chi connectivity index (χ3v) is 1.92. The quantitative estimate of drug-likeness (QED) is 0.324. The van der Waals surface area contributed by atoms with Gasteiger partial charge in [-0.2, -0.15) is 0 Å². The van der Waals surface area contributed by atoms with Crippen LogP contribution < -0.4 is 5.73 Å². The van der Waals surface area contributed by atoms with Gasteiger partial charge in [0.05, 0.1) is 18.2 Å². The Morgan fingerprint density at radius 1 is 1.18 bits per heavy atom. The van der Waals surface area contributed by atoms with E-state index in [0.29, 0.717) is 0 Å². The molecule has 5 N–H and O–H groups in total. The number of ether oxygens (including phenoxy) is 1. The zero-order valence-electron chi connectivity index (χ0n) is 6.21. The summed E-state index contributed by atoms with van der Waals surface area (Å²) in [6.07, 6.45) is -3.96. The average Bonchev–Trinajstić information content (AvgIpc) is 1.97. The Morgan fingerprint density at radius 2 is 1.73 bits per heavy atom. The third kappa shape index (κ3) is 1.52. The van der Waals surface area contributed by atoms with Gasteiger partial charge in [0.25, 0.3) is 0 Å². The molecule has 1 saturated heterocycles. The van der Waals surface area contributed by atoms with Crippen LogP contribution in [0.25, 0.3) is 0 Å². The Labute approximate surface area is 64.4 Å². The minimum Gasteiger partial charge on any atom is -0.389 e. The van der Waals surface area contributed by atoms with Gasteiger partial charge in [-0.15, -0.1) is 0 Å². The first-order valence-corrected chi connectivity index (χ1v) is 3.49. The predicted molar refractivity (Wildman–Crippen MR) is 36.5 cm³/mol. The SMILES string of the molecule is C[C@H]1O[C@H](O)[C@@H](O)[C@H](N)[C@H]1O. The topological polar surface area (TPSA) is 95.9 Å². The van der Waals surface area contributed by atoms with E-state index in [1.165, 1.54) is 0 Å². The van der Waals surface area contributed by atoms with E-state index >= 15 is 0 Å². The Bertz CT molecular complexity index is 129. The number of hydrogen-bond acceptors (Lipinski definition) is 5. The molecule has 0 amide bonds. The molecule has 0 bridgehead atoms. The highest BCUT2D eigenvalue weighted by atomic mass is 16.6. The molecule has 1 rings (SSSR count). The highest BCUT2D eigenvalue weighted by Gasteiger charge is 2.39. The highest BCUT2D eigenvalue weighted by Crippen LogP contribution is 2.17. The molecular weight excluding hydrogens is 150 g/mol. The van der Waals surface area contributed by atoms with Crippen molar-refractivity contribution >= 4 is 0 Å². The first-order valence-electron chi connectivity index (χ1n) is 3.49. The fraction of sp³-hybridized carbons (Fsp3) is 1.00. The molecule has 0 aliphatic carbocycles. The molecule has 66 valence electrons. The van der Waals surface area contributed by atoms with Gasteiger partial charge in [0.2, 0.25) is 0 Å². The highest BCUT2D eigenvalue weighted by molar-refractivity contribution is 4.89. The molecule has 1 fully saturated rings. The summed E-state index contributed by atoms with van der Waals surface area (Å²) in [6, 6.07) is -0.839. The summed E-state index contributed by atoms with van der Waals surface area (Å²) < 4.78 is 4.76. The minimum absolute atomic E-state index is 0.539. The Balaban J connectivity index is 2.63. The lowest BCUT2D eigenvalue weighted by Gasteiger charge is -2.37. The van der Waals surface area contributed by atoms with Crippen LogP contribution in [0.15, 0.2) is 0 Å². The van der Waals surface area contributed by atoms with Gasteiger partial charge in [0, 0.05) is 0 Å². The number of aliphatic hydroxyl groups is 3. The normalized spacial score (nSPS) is 52.6. The van der Waals surface area contributed by atoms with Crippen LogP contribution in [0.1, 0.15) is 6.92 Å². The maximum absolute atomic E-state index is 9.21. The summed E-state index contributed by atoms with van der Waals surface area (Å²) in [4.78, 5) is 0. The Morgan fingerprint density at radius 3 is 2.27 bits per heavy atom. The molecule has 1 aliphatic rings. The van der Waals surface area contributed by atoms with E-state index in [4.69, 9.17) is 20.7 Å². The lowest BCUT2D eigenvalue weighted by Crippen LogP contribution is -2.60. The molecule has 0 aromatic carbocycles. The summed E-state index contributed by atoms with van der Waals surface area (Å²) >= 11 is 0. The van der Waals surface area contributed by atoms with Crippen molar-refractivity contribution in [1.29, 1.82) is 0 Å². The predicted octanol–water partition coefficient (Wildman–Crippen LogP) is -2.23. The summed E-state index contributed by atoms with van der Waals surface area (Å²) in [5, 5.41) is 27.3. The molecule has 0 aromatic heterocycles. The molecule has 1 heterocycles. The lowest BCUT2D eigenvalue weighted by molar-refractivity contribution is -0.247. The molecule has 5 nitrogen and oxygen atoms in total. The van der Waals surface area contributed by atoms with Crippen molar-refractivity contribution in [2.75, 3.05) is 0 Å². The first-order chi connectivity index (χ1) is 5.04. The Hall–Kier alpha value is -0.200.